The smallest absolute Gasteiger partial charge is 0.808 e. The molecule has 0 bridgehead atoms. The number of benzene rings is 1. The van der Waals surface area contributed by atoms with Crippen molar-refractivity contribution in [3.8, 4) is 5.75 Å². The van der Waals surface area contributed by atoms with Crippen LogP contribution in [0.2, 0.25) is 0 Å². The standard InChI is InChI=1S/C15H20BO4.Na/c1-14(2,3)9-7-10-12(11(8-9)15(4,5)6)19-16(18)20-13(10)17;/h7-8H,1-6H3;/q-1;+1. The Balaban J connectivity index is 0.00000220. The number of fused-ring (bicyclic) bond motifs is 1. The van der Waals surface area contributed by atoms with Crippen LogP contribution >= 0.6 is 0 Å². The molecule has 21 heavy (non-hydrogen) atoms. The molecule has 0 amide bonds. The van der Waals surface area contributed by atoms with Crippen LogP contribution in [0.5, 0.6) is 5.75 Å². The summed E-state index contributed by atoms with van der Waals surface area (Å²) >= 11 is 0. The van der Waals surface area contributed by atoms with E-state index >= 15 is 0 Å². The molecule has 0 saturated heterocycles. The molecule has 0 saturated carbocycles. The minimum Gasteiger partial charge on any atom is -0.808 e. The van der Waals surface area contributed by atoms with Crippen LogP contribution in [0, 0.1) is 0 Å². The van der Waals surface area contributed by atoms with E-state index in [0.29, 0.717) is 11.3 Å². The minimum absolute atomic E-state index is 0. The van der Waals surface area contributed by atoms with Crippen LogP contribution < -0.4 is 39.2 Å². The van der Waals surface area contributed by atoms with Gasteiger partial charge in [-0.3, -0.25) is 0 Å². The van der Waals surface area contributed by atoms with Crippen molar-refractivity contribution in [1.82, 2.24) is 0 Å². The van der Waals surface area contributed by atoms with Gasteiger partial charge in [-0.1, -0.05) is 47.6 Å². The van der Waals surface area contributed by atoms with Crippen LogP contribution in [0.25, 0.3) is 0 Å². The zero-order chi connectivity index (χ0) is 15.3. The van der Waals surface area contributed by atoms with E-state index in [1.54, 1.807) is 6.07 Å². The summed E-state index contributed by atoms with van der Waals surface area (Å²) in [5.74, 6) is -0.246. The Bertz CT molecular complexity index is 558. The maximum absolute atomic E-state index is 12.0. The van der Waals surface area contributed by atoms with Gasteiger partial charge in [-0.2, -0.15) is 0 Å². The molecule has 108 valence electrons. The Morgan fingerprint density at radius 1 is 1.00 bits per heavy atom. The molecule has 0 aliphatic carbocycles. The maximum Gasteiger partial charge on any atom is 1.00 e. The molecular formula is C15H20BNaO4. The molecule has 1 aliphatic rings. The molecule has 0 N–H and O–H groups in total. The summed E-state index contributed by atoms with van der Waals surface area (Å²) in [7, 11) is -1.78. The van der Waals surface area contributed by atoms with Crippen molar-refractivity contribution in [2.75, 3.05) is 0 Å². The molecule has 0 aromatic heterocycles. The molecule has 1 aromatic carbocycles. The van der Waals surface area contributed by atoms with Crippen molar-refractivity contribution < 1.29 is 48.7 Å². The van der Waals surface area contributed by atoms with E-state index in [0.717, 1.165) is 11.1 Å². The van der Waals surface area contributed by atoms with E-state index in [9.17, 15) is 9.82 Å². The largest absolute Gasteiger partial charge is 1.00 e. The van der Waals surface area contributed by atoms with E-state index in [1.807, 2.05) is 26.8 Å². The third-order valence-electron chi connectivity index (χ3n) is 3.40. The monoisotopic (exact) mass is 298 g/mol. The van der Waals surface area contributed by atoms with Crippen LogP contribution in [0.4, 0.5) is 0 Å². The van der Waals surface area contributed by atoms with E-state index in [1.165, 1.54) is 0 Å². The average Bonchev–Trinajstić information content (AvgIpc) is 2.24. The molecule has 1 aliphatic heterocycles. The second-order valence-corrected chi connectivity index (χ2v) is 7.21. The summed E-state index contributed by atoms with van der Waals surface area (Å²) in [6, 6.07) is 3.78. The number of hydrogen-bond donors (Lipinski definition) is 0. The normalized spacial score (nSPS) is 14.8. The number of carbonyl (C=O) groups excluding carboxylic acids is 1. The van der Waals surface area contributed by atoms with Crippen molar-refractivity contribution in [2.24, 2.45) is 0 Å². The fraction of sp³-hybridized carbons (Fsp3) is 0.533. The summed E-state index contributed by atoms with van der Waals surface area (Å²) < 4.78 is 9.86. The van der Waals surface area contributed by atoms with E-state index in [2.05, 4.69) is 25.4 Å². The predicted molar refractivity (Wildman–Crippen MR) is 75.6 cm³/mol. The van der Waals surface area contributed by atoms with Gasteiger partial charge in [0.25, 0.3) is 0 Å². The van der Waals surface area contributed by atoms with Crippen molar-refractivity contribution >= 4 is 13.3 Å². The molecule has 4 nitrogen and oxygen atoms in total. The fourth-order valence-corrected chi connectivity index (χ4v) is 2.17. The Labute approximate surface area is 148 Å². The van der Waals surface area contributed by atoms with Gasteiger partial charge in [-0.25, -0.2) is 4.79 Å². The van der Waals surface area contributed by atoms with Gasteiger partial charge in [0, 0.05) is 0 Å². The van der Waals surface area contributed by atoms with E-state index < -0.39 is 13.3 Å². The first-order valence-corrected chi connectivity index (χ1v) is 6.72. The van der Waals surface area contributed by atoms with Crippen LogP contribution in [0.1, 0.15) is 63.0 Å². The second-order valence-electron chi connectivity index (χ2n) is 7.21. The summed E-state index contributed by atoms with van der Waals surface area (Å²) in [5, 5.41) is 11.4. The summed E-state index contributed by atoms with van der Waals surface area (Å²) in [6.45, 7) is 12.3. The quantitative estimate of drug-likeness (QED) is 0.587. The predicted octanol–water partition coefficient (Wildman–Crippen LogP) is -0.820. The number of carbonyl (C=O) groups is 1. The third kappa shape index (κ3) is 3.83. The Kier molecular flexibility index (Phi) is 5.26. The molecule has 1 aromatic rings. The topological polar surface area (TPSA) is 58.6 Å². The van der Waals surface area contributed by atoms with Gasteiger partial charge >= 0.3 is 42.8 Å². The summed E-state index contributed by atoms with van der Waals surface area (Å²) in [4.78, 5) is 12.0. The first-order valence-electron chi connectivity index (χ1n) is 6.72. The molecule has 1 heterocycles. The van der Waals surface area contributed by atoms with Gasteiger partial charge in [-0.15, -0.1) is 0 Å². The van der Waals surface area contributed by atoms with Crippen LogP contribution in [0.15, 0.2) is 12.1 Å². The molecule has 0 spiro atoms. The summed E-state index contributed by atoms with van der Waals surface area (Å²) in [5.41, 5.74) is 1.88. The first-order chi connectivity index (χ1) is 9.00. The average molecular weight is 298 g/mol. The molecule has 0 radical (unpaired) electrons. The molecule has 0 atom stereocenters. The van der Waals surface area contributed by atoms with Gasteiger partial charge < -0.3 is 14.3 Å². The fourth-order valence-electron chi connectivity index (χ4n) is 2.17. The van der Waals surface area contributed by atoms with Crippen molar-refractivity contribution in [3.63, 3.8) is 0 Å². The molecule has 6 heteroatoms. The van der Waals surface area contributed by atoms with E-state index in [-0.39, 0.29) is 40.4 Å². The SMILES string of the molecule is CC(C)(C)c1cc2c(c(C(C)(C)C)c1)OB([O-])OC2=O.[Na+]. The van der Waals surface area contributed by atoms with Crippen molar-refractivity contribution in [1.29, 1.82) is 0 Å². The molecule has 0 unspecified atom stereocenters. The van der Waals surface area contributed by atoms with Gasteiger partial charge in [0.05, 0.1) is 5.56 Å². The van der Waals surface area contributed by atoms with Crippen LogP contribution in [0.3, 0.4) is 0 Å². The molecule has 2 rings (SSSR count). The Morgan fingerprint density at radius 2 is 1.57 bits per heavy atom. The van der Waals surface area contributed by atoms with E-state index in [4.69, 9.17) is 4.65 Å². The second kappa shape index (κ2) is 5.96. The van der Waals surface area contributed by atoms with Gasteiger partial charge in [-0.05, 0) is 28.0 Å². The zero-order valence-corrected chi connectivity index (χ0v) is 15.9. The number of hydrogen-bond acceptors (Lipinski definition) is 4. The van der Waals surface area contributed by atoms with Crippen LogP contribution in [-0.2, 0) is 15.5 Å². The number of rotatable bonds is 0. The maximum atomic E-state index is 12.0. The molecular weight excluding hydrogens is 278 g/mol. The van der Waals surface area contributed by atoms with Crippen molar-refractivity contribution in [2.45, 2.75) is 52.4 Å². The Morgan fingerprint density at radius 3 is 2.05 bits per heavy atom. The van der Waals surface area contributed by atoms with Crippen LogP contribution in [-0.4, -0.2) is 13.3 Å². The Hall–Kier alpha value is -0.485. The zero-order valence-electron chi connectivity index (χ0n) is 13.9. The van der Waals surface area contributed by atoms with Crippen molar-refractivity contribution in [3.05, 3.63) is 28.8 Å². The van der Waals surface area contributed by atoms with Gasteiger partial charge in [0.15, 0.2) is 0 Å². The van der Waals surface area contributed by atoms with Gasteiger partial charge in [0.1, 0.15) is 5.75 Å². The summed E-state index contributed by atoms with van der Waals surface area (Å²) in [6.07, 6.45) is 0. The third-order valence-corrected chi connectivity index (χ3v) is 3.40. The molecule has 0 fully saturated rings. The minimum atomic E-state index is -1.78. The van der Waals surface area contributed by atoms with Gasteiger partial charge in [0.2, 0.25) is 0 Å². The first kappa shape index (κ1) is 18.6.